The summed E-state index contributed by atoms with van der Waals surface area (Å²) in [5, 5.41) is 12.4. The molecule has 0 atom stereocenters. The molecule has 3 nitrogen and oxygen atoms in total. The second-order valence-electron chi connectivity index (χ2n) is 5.09. The first-order valence-corrected chi connectivity index (χ1v) is 7.43. The fourth-order valence-electron chi connectivity index (χ4n) is 2.06. The molecule has 0 amide bonds. The fraction of sp³-hybridized carbons (Fsp3) is 0.333. The van der Waals surface area contributed by atoms with Crippen LogP contribution < -0.4 is 10.1 Å². The van der Waals surface area contributed by atoms with Crippen LogP contribution in [0.4, 0.5) is 0 Å². The van der Waals surface area contributed by atoms with Crippen LogP contribution in [-0.4, -0.2) is 11.7 Å². The van der Waals surface area contributed by atoms with E-state index in [0.717, 1.165) is 36.4 Å². The van der Waals surface area contributed by atoms with Crippen LogP contribution in [0.25, 0.3) is 0 Å². The third-order valence-corrected chi connectivity index (χ3v) is 3.27. The van der Waals surface area contributed by atoms with Crippen molar-refractivity contribution in [3.05, 3.63) is 65.2 Å². The molecule has 0 heterocycles. The zero-order valence-electron chi connectivity index (χ0n) is 12.5. The predicted octanol–water partition coefficient (Wildman–Crippen LogP) is 3.26. The van der Waals surface area contributed by atoms with Gasteiger partial charge in [0.1, 0.15) is 12.4 Å². The Morgan fingerprint density at radius 1 is 1.00 bits per heavy atom. The molecule has 0 radical (unpaired) electrons. The van der Waals surface area contributed by atoms with Crippen molar-refractivity contribution in [3.8, 4) is 5.75 Å². The van der Waals surface area contributed by atoms with E-state index >= 15 is 0 Å². The van der Waals surface area contributed by atoms with Crippen molar-refractivity contribution in [2.24, 2.45) is 0 Å². The van der Waals surface area contributed by atoms with Crippen LogP contribution in [0, 0.1) is 0 Å². The molecule has 0 bridgehead atoms. The molecule has 112 valence electrons. The third kappa shape index (κ3) is 5.21. The van der Waals surface area contributed by atoms with Crippen LogP contribution in [-0.2, 0) is 19.8 Å². The first kappa shape index (κ1) is 15.5. The molecule has 0 aliphatic carbocycles. The minimum Gasteiger partial charge on any atom is -0.489 e. The average Bonchev–Trinajstić information content (AvgIpc) is 2.54. The van der Waals surface area contributed by atoms with Crippen LogP contribution >= 0.6 is 0 Å². The maximum absolute atomic E-state index is 9.02. The molecule has 0 unspecified atom stereocenters. The van der Waals surface area contributed by atoms with Crippen molar-refractivity contribution in [1.29, 1.82) is 0 Å². The lowest BCUT2D eigenvalue weighted by Crippen LogP contribution is -2.13. The lowest BCUT2D eigenvalue weighted by Gasteiger charge is -2.09. The van der Waals surface area contributed by atoms with Gasteiger partial charge in [-0.3, -0.25) is 0 Å². The minimum absolute atomic E-state index is 0.0773. The Morgan fingerprint density at radius 3 is 2.48 bits per heavy atom. The standard InChI is InChI=1S/C18H23NO2/c1-2-10-19-12-17-4-3-5-18(11-17)21-14-16-8-6-15(13-20)7-9-16/h3-9,11,19-20H,2,10,12-14H2,1H3. The van der Waals surface area contributed by atoms with Crippen molar-refractivity contribution in [1.82, 2.24) is 5.32 Å². The van der Waals surface area contributed by atoms with E-state index in [1.807, 2.05) is 36.4 Å². The second kappa shape index (κ2) is 8.45. The first-order chi connectivity index (χ1) is 10.3. The van der Waals surface area contributed by atoms with Crippen molar-refractivity contribution < 1.29 is 9.84 Å². The molecule has 0 saturated heterocycles. The van der Waals surface area contributed by atoms with Gasteiger partial charge >= 0.3 is 0 Å². The van der Waals surface area contributed by atoms with E-state index in [0.29, 0.717) is 6.61 Å². The Labute approximate surface area is 126 Å². The van der Waals surface area contributed by atoms with E-state index in [4.69, 9.17) is 9.84 Å². The Balaban J connectivity index is 1.88. The number of rotatable bonds is 8. The predicted molar refractivity (Wildman–Crippen MR) is 85.1 cm³/mol. The van der Waals surface area contributed by atoms with Gasteiger partial charge in [-0.25, -0.2) is 0 Å². The number of aliphatic hydroxyl groups excluding tert-OH is 1. The highest BCUT2D eigenvalue weighted by Crippen LogP contribution is 2.15. The van der Waals surface area contributed by atoms with E-state index in [1.54, 1.807) is 0 Å². The number of ether oxygens (including phenoxy) is 1. The quantitative estimate of drug-likeness (QED) is 0.732. The summed E-state index contributed by atoms with van der Waals surface area (Å²) < 4.78 is 5.82. The molecule has 0 aliphatic heterocycles. The Bertz CT molecular complexity index is 537. The number of hydrogen-bond acceptors (Lipinski definition) is 3. The SMILES string of the molecule is CCCNCc1cccc(OCc2ccc(CO)cc2)c1. The molecule has 0 aromatic heterocycles. The van der Waals surface area contributed by atoms with E-state index in [-0.39, 0.29) is 6.61 Å². The van der Waals surface area contributed by atoms with Gasteiger partial charge in [-0.2, -0.15) is 0 Å². The Kier molecular flexibility index (Phi) is 6.25. The summed E-state index contributed by atoms with van der Waals surface area (Å²) in [6.07, 6.45) is 1.14. The molecule has 0 spiro atoms. The van der Waals surface area contributed by atoms with Gasteiger partial charge in [-0.1, -0.05) is 43.3 Å². The summed E-state index contributed by atoms with van der Waals surface area (Å²) in [7, 11) is 0. The fourth-order valence-corrected chi connectivity index (χ4v) is 2.06. The van der Waals surface area contributed by atoms with Crippen molar-refractivity contribution in [3.63, 3.8) is 0 Å². The summed E-state index contributed by atoms with van der Waals surface area (Å²) in [5.41, 5.74) is 3.25. The lowest BCUT2D eigenvalue weighted by atomic mass is 10.1. The number of hydrogen-bond donors (Lipinski definition) is 2. The smallest absolute Gasteiger partial charge is 0.120 e. The molecule has 0 saturated carbocycles. The van der Waals surface area contributed by atoms with Gasteiger partial charge in [0, 0.05) is 6.54 Å². The summed E-state index contributed by atoms with van der Waals surface area (Å²) in [4.78, 5) is 0. The first-order valence-electron chi connectivity index (χ1n) is 7.43. The summed E-state index contributed by atoms with van der Waals surface area (Å²) in [6, 6.07) is 16.0. The molecular weight excluding hydrogens is 262 g/mol. The van der Waals surface area contributed by atoms with Gasteiger partial charge in [0.2, 0.25) is 0 Å². The Hall–Kier alpha value is -1.84. The van der Waals surface area contributed by atoms with E-state index in [2.05, 4.69) is 24.4 Å². The molecule has 0 fully saturated rings. The highest BCUT2D eigenvalue weighted by molar-refractivity contribution is 5.29. The molecule has 21 heavy (non-hydrogen) atoms. The number of aliphatic hydroxyl groups is 1. The third-order valence-electron chi connectivity index (χ3n) is 3.27. The maximum atomic E-state index is 9.02. The number of nitrogens with one attached hydrogen (secondary N) is 1. The van der Waals surface area contributed by atoms with E-state index < -0.39 is 0 Å². The highest BCUT2D eigenvalue weighted by atomic mass is 16.5. The Morgan fingerprint density at radius 2 is 1.76 bits per heavy atom. The van der Waals surface area contributed by atoms with E-state index in [9.17, 15) is 0 Å². The topological polar surface area (TPSA) is 41.5 Å². The van der Waals surface area contributed by atoms with Crippen molar-refractivity contribution in [2.45, 2.75) is 33.1 Å². The summed E-state index contributed by atoms with van der Waals surface area (Å²) >= 11 is 0. The van der Waals surface area contributed by atoms with Crippen LogP contribution in [0.5, 0.6) is 5.75 Å². The van der Waals surface area contributed by atoms with Crippen LogP contribution in [0.3, 0.4) is 0 Å². The van der Waals surface area contributed by atoms with Gasteiger partial charge in [0.05, 0.1) is 6.61 Å². The molecule has 2 rings (SSSR count). The zero-order chi connectivity index (χ0) is 14.9. The minimum atomic E-state index is 0.0773. The van der Waals surface area contributed by atoms with Gasteiger partial charge in [0.25, 0.3) is 0 Å². The summed E-state index contributed by atoms with van der Waals surface area (Å²) in [6.45, 7) is 4.68. The van der Waals surface area contributed by atoms with E-state index in [1.165, 1.54) is 5.56 Å². The van der Waals surface area contributed by atoms with Crippen molar-refractivity contribution >= 4 is 0 Å². The van der Waals surface area contributed by atoms with Crippen LogP contribution in [0.15, 0.2) is 48.5 Å². The van der Waals surface area contributed by atoms with Gasteiger partial charge in [-0.15, -0.1) is 0 Å². The lowest BCUT2D eigenvalue weighted by molar-refractivity contribution is 0.281. The zero-order valence-corrected chi connectivity index (χ0v) is 12.5. The molecule has 0 aliphatic rings. The van der Waals surface area contributed by atoms with Gasteiger partial charge in [0.15, 0.2) is 0 Å². The van der Waals surface area contributed by atoms with Crippen molar-refractivity contribution in [2.75, 3.05) is 6.54 Å². The van der Waals surface area contributed by atoms with Gasteiger partial charge in [-0.05, 0) is 41.8 Å². The molecule has 2 N–H and O–H groups in total. The normalized spacial score (nSPS) is 10.6. The maximum Gasteiger partial charge on any atom is 0.120 e. The molecule has 3 heteroatoms. The monoisotopic (exact) mass is 285 g/mol. The molecular formula is C18H23NO2. The van der Waals surface area contributed by atoms with Gasteiger partial charge < -0.3 is 15.2 Å². The largest absolute Gasteiger partial charge is 0.489 e. The summed E-state index contributed by atoms with van der Waals surface area (Å²) in [5.74, 6) is 0.886. The highest BCUT2D eigenvalue weighted by Gasteiger charge is 1.99. The molecule has 2 aromatic rings. The molecule has 2 aromatic carbocycles. The van der Waals surface area contributed by atoms with Crippen LogP contribution in [0.1, 0.15) is 30.0 Å². The average molecular weight is 285 g/mol. The number of benzene rings is 2. The second-order valence-corrected chi connectivity index (χ2v) is 5.09. The van der Waals surface area contributed by atoms with Crippen LogP contribution in [0.2, 0.25) is 0 Å².